The molecular weight excluding hydrogens is 246 g/mol. The predicted molar refractivity (Wildman–Crippen MR) is 84.1 cm³/mol. The fraction of sp³-hybridized carbons (Fsp3) is 0.333. The van der Waals surface area contributed by atoms with Gasteiger partial charge in [0.15, 0.2) is 0 Å². The van der Waals surface area contributed by atoms with Crippen molar-refractivity contribution in [3.05, 3.63) is 65.7 Å². The van der Waals surface area contributed by atoms with E-state index in [2.05, 4.69) is 48.6 Å². The second-order valence-corrected chi connectivity index (χ2v) is 5.38. The molecule has 0 heterocycles. The van der Waals surface area contributed by atoms with Crippen LogP contribution in [0.1, 0.15) is 24.5 Å². The molecule has 0 aliphatic heterocycles. The van der Waals surface area contributed by atoms with Crippen LogP contribution in [-0.4, -0.2) is 18.7 Å². The summed E-state index contributed by atoms with van der Waals surface area (Å²) in [6, 6.07) is 18.2. The summed E-state index contributed by atoms with van der Waals surface area (Å²) in [5.74, 6) is 0.338. The number of phenolic OH excluding ortho intramolecular Hbond substituents is 1. The van der Waals surface area contributed by atoms with Crippen LogP contribution in [0, 0.1) is 0 Å². The molecule has 0 spiro atoms. The first-order valence-corrected chi connectivity index (χ1v) is 7.18. The summed E-state index contributed by atoms with van der Waals surface area (Å²) in [5.41, 5.74) is 2.58. The molecule has 0 bridgehead atoms. The summed E-state index contributed by atoms with van der Waals surface area (Å²) in [6.07, 6.45) is 1.97. The maximum absolute atomic E-state index is 9.67. The van der Waals surface area contributed by atoms with Crippen molar-refractivity contribution in [2.75, 3.05) is 13.6 Å². The molecule has 106 valence electrons. The molecule has 0 fully saturated rings. The van der Waals surface area contributed by atoms with Crippen LogP contribution >= 0.6 is 0 Å². The third-order valence-electron chi connectivity index (χ3n) is 4.03. The van der Waals surface area contributed by atoms with E-state index >= 15 is 0 Å². The zero-order chi connectivity index (χ0) is 14.4. The van der Waals surface area contributed by atoms with Crippen LogP contribution in [-0.2, 0) is 11.8 Å². The molecular formula is C18H23NO. The molecule has 0 aliphatic rings. The first kappa shape index (κ1) is 14.6. The van der Waals surface area contributed by atoms with Gasteiger partial charge in [-0.2, -0.15) is 0 Å². The van der Waals surface area contributed by atoms with Gasteiger partial charge in [0.25, 0.3) is 0 Å². The van der Waals surface area contributed by atoms with E-state index in [9.17, 15) is 5.11 Å². The van der Waals surface area contributed by atoms with Gasteiger partial charge in [0.1, 0.15) is 5.75 Å². The second kappa shape index (κ2) is 6.58. The average molecular weight is 269 g/mol. The van der Waals surface area contributed by atoms with E-state index in [4.69, 9.17) is 0 Å². The lowest BCUT2D eigenvalue weighted by molar-refractivity contribution is 0.389. The number of aromatic hydroxyl groups is 1. The third-order valence-corrected chi connectivity index (χ3v) is 4.03. The second-order valence-electron chi connectivity index (χ2n) is 5.38. The first-order valence-electron chi connectivity index (χ1n) is 7.18. The number of hydrogen-bond donors (Lipinski definition) is 2. The Morgan fingerprint density at radius 3 is 2.40 bits per heavy atom. The minimum atomic E-state index is 0.0593. The molecule has 0 radical (unpaired) electrons. The van der Waals surface area contributed by atoms with Crippen LogP contribution in [0.2, 0.25) is 0 Å². The van der Waals surface area contributed by atoms with E-state index in [0.29, 0.717) is 5.75 Å². The molecule has 2 N–H and O–H groups in total. The van der Waals surface area contributed by atoms with Crippen LogP contribution in [0.3, 0.4) is 0 Å². The lowest BCUT2D eigenvalue weighted by Crippen LogP contribution is -2.38. The van der Waals surface area contributed by atoms with E-state index in [1.807, 2.05) is 19.2 Å². The Balaban J connectivity index is 2.37. The Hall–Kier alpha value is -1.80. The van der Waals surface area contributed by atoms with E-state index in [-0.39, 0.29) is 5.41 Å². The Bertz CT molecular complexity index is 538. The van der Waals surface area contributed by atoms with Gasteiger partial charge in [0.2, 0.25) is 0 Å². The van der Waals surface area contributed by atoms with Gasteiger partial charge in [0, 0.05) is 12.0 Å². The number of likely N-dealkylation sites (N-methyl/N-ethyl adjacent to an activating group) is 1. The van der Waals surface area contributed by atoms with Gasteiger partial charge in [-0.3, -0.25) is 0 Å². The summed E-state index contributed by atoms with van der Waals surface area (Å²) in [6.45, 7) is 3.15. The summed E-state index contributed by atoms with van der Waals surface area (Å²) < 4.78 is 0. The van der Waals surface area contributed by atoms with Gasteiger partial charge >= 0.3 is 0 Å². The monoisotopic (exact) mass is 269 g/mol. The SMILES string of the molecule is CCC(CNC)(Cc1cccc(O)c1)c1ccccc1. The maximum atomic E-state index is 9.67. The fourth-order valence-electron chi connectivity index (χ4n) is 2.91. The van der Waals surface area contributed by atoms with E-state index in [0.717, 1.165) is 19.4 Å². The smallest absolute Gasteiger partial charge is 0.115 e. The highest BCUT2D eigenvalue weighted by atomic mass is 16.3. The number of phenols is 1. The van der Waals surface area contributed by atoms with E-state index in [1.165, 1.54) is 11.1 Å². The van der Waals surface area contributed by atoms with Crippen LogP contribution in [0.15, 0.2) is 54.6 Å². The Labute approximate surface area is 121 Å². The first-order chi connectivity index (χ1) is 9.70. The third kappa shape index (κ3) is 3.20. The number of nitrogens with one attached hydrogen (secondary N) is 1. The Morgan fingerprint density at radius 1 is 1.05 bits per heavy atom. The van der Waals surface area contributed by atoms with E-state index in [1.54, 1.807) is 6.07 Å². The van der Waals surface area contributed by atoms with Crippen molar-refractivity contribution in [2.24, 2.45) is 0 Å². The Kier molecular flexibility index (Phi) is 4.80. The normalized spacial score (nSPS) is 13.9. The molecule has 2 aromatic rings. The van der Waals surface area contributed by atoms with Crippen LogP contribution < -0.4 is 5.32 Å². The van der Waals surface area contributed by atoms with E-state index < -0.39 is 0 Å². The van der Waals surface area contributed by atoms with Gasteiger partial charge in [-0.15, -0.1) is 0 Å². The summed E-state index contributed by atoms with van der Waals surface area (Å²) in [4.78, 5) is 0. The molecule has 2 rings (SSSR count). The van der Waals surface area contributed by atoms with Crippen molar-refractivity contribution in [3.8, 4) is 5.75 Å². The lowest BCUT2D eigenvalue weighted by atomic mass is 9.73. The average Bonchev–Trinajstić information content (AvgIpc) is 2.48. The molecule has 0 aliphatic carbocycles. The van der Waals surface area contributed by atoms with Crippen molar-refractivity contribution >= 4 is 0 Å². The molecule has 2 nitrogen and oxygen atoms in total. The van der Waals surface area contributed by atoms with Crippen molar-refractivity contribution in [1.82, 2.24) is 5.32 Å². The van der Waals surface area contributed by atoms with Crippen LogP contribution in [0.5, 0.6) is 5.75 Å². The molecule has 2 aromatic carbocycles. The summed E-state index contributed by atoms with van der Waals surface area (Å²) in [7, 11) is 2.00. The molecule has 1 unspecified atom stereocenters. The lowest BCUT2D eigenvalue weighted by Gasteiger charge is -2.33. The van der Waals surface area contributed by atoms with Crippen molar-refractivity contribution in [3.63, 3.8) is 0 Å². The van der Waals surface area contributed by atoms with Gasteiger partial charge < -0.3 is 10.4 Å². The number of benzene rings is 2. The highest BCUT2D eigenvalue weighted by Crippen LogP contribution is 2.32. The highest BCUT2D eigenvalue weighted by molar-refractivity contribution is 5.33. The molecule has 1 atom stereocenters. The highest BCUT2D eigenvalue weighted by Gasteiger charge is 2.29. The van der Waals surface area contributed by atoms with Crippen molar-refractivity contribution in [1.29, 1.82) is 0 Å². The van der Waals surface area contributed by atoms with Gasteiger partial charge in [-0.05, 0) is 43.1 Å². The largest absolute Gasteiger partial charge is 0.508 e. The zero-order valence-electron chi connectivity index (χ0n) is 12.3. The summed E-state index contributed by atoms with van der Waals surface area (Å²) >= 11 is 0. The fourth-order valence-corrected chi connectivity index (χ4v) is 2.91. The molecule has 20 heavy (non-hydrogen) atoms. The predicted octanol–water partition coefficient (Wildman–Crippen LogP) is 3.50. The minimum Gasteiger partial charge on any atom is -0.508 e. The zero-order valence-corrected chi connectivity index (χ0v) is 12.3. The summed E-state index contributed by atoms with van der Waals surface area (Å²) in [5, 5.41) is 13.0. The minimum absolute atomic E-state index is 0.0593. The maximum Gasteiger partial charge on any atom is 0.115 e. The number of rotatable bonds is 6. The van der Waals surface area contributed by atoms with Crippen LogP contribution in [0.25, 0.3) is 0 Å². The molecule has 0 aromatic heterocycles. The Morgan fingerprint density at radius 2 is 1.80 bits per heavy atom. The quantitative estimate of drug-likeness (QED) is 0.841. The molecule has 0 amide bonds. The van der Waals surface area contributed by atoms with Crippen molar-refractivity contribution in [2.45, 2.75) is 25.2 Å². The number of hydrogen-bond acceptors (Lipinski definition) is 2. The molecule has 0 saturated carbocycles. The van der Waals surface area contributed by atoms with Gasteiger partial charge in [0.05, 0.1) is 0 Å². The standard InChI is InChI=1S/C18H23NO/c1-3-18(14-19-2,16-9-5-4-6-10-16)13-15-8-7-11-17(20)12-15/h4-12,19-20H,3,13-14H2,1-2H3. The molecule has 2 heteroatoms. The van der Waals surface area contributed by atoms with Crippen LogP contribution in [0.4, 0.5) is 0 Å². The van der Waals surface area contributed by atoms with Gasteiger partial charge in [-0.25, -0.2) is 0 Å². The van der Waals surface area contributed by atoms with Crippen molar-refractivity contribution < 1.29 is 5.11 Å². The topological polar surface area (TPSA) is 32.3 Å². The van der Waals surface area contributed by atoms with Gasteiger partial charge in [-0.1, -0.05) is 49.4 Å². The molecule has 0 saturated heterocycles.